The van der Waals surface area contributed by atoms with Gasteiger partial charge >= 0.3 is 26.2 Å². The van der Waals surface area contributed by atoms with E-state index >= 15 is 0 Å². The average Bonchev–Trinajstić information content (AvgIpc) is 3.84. The van der Waals surface area contributed by atoms with Crippen LogP contribution in [0.1, 0.15) is 0 Å². The second-order valence-electron chi connectivity index (χ2n) is 12.5. The van der Waals surface area contributed by atoms with Crippen LogP contribution < -0.4 is 24.8 Å². The first-order valence-corrected chi connectivity index (χ1v) is 17.0. The first kappa shape index (κ1) is 37.6. The maximum absolute atomic E-state index is 4.52. The van der Waals surface area contributed by atoms with Crippen molar-refractivity contribution >= 4 is 43.1 Å². The quantitative estimate of drug-likeness (QED) is 0.182. The topological polar surface area (TPSA) is 25.8 Å². The van der Waals surface area contributed by atoms with E-state index in [-0.39, 0.29) is 51.0 Å². The normalized spacial score (nSPS) is 10.6. The maximum atomic E-state index is 4.52. The molecule has 8 aromatic carbocycles. The summed E-state index contributed by atoms with van der Waals surface area (Å²) in [6, 6.07) is 64.2. The standard InChI is InChI=1S/2C24H16N.2ClH.Zr/c2*1-2-9-18-17(7-1)8-5-10-19(18)20-11-6-12-21-22(20)14-15-23(21)24-13-3-4-16-25-24;;;/h2*1-16H;2*1H;/q2*-1;;;+2/p-2. The van der Waals surface area contributed by atoms with E-state index in [2.05, 4.69) is 168 Å². The van der Waals surface area contributed by atoms with E-state index in [0.717, 1.165) is 11.4 Å². The number of fused-ring (bicyclic) bond motifs is 4. The van der Waals surface area contributed by atoms with Crippen molar-refractivity contribution in [2.24, 2.45) is 0 Å². The van der Waals surface area contributed by atoms with Crippen LogP contribution in [-0.4, -0.2) is 9.97 Å². The number of nitrogens with zero attached hydrogens (tertiary/aromatic N) is 2. The van der Waals surface area contributed by atoms with Gasteiger partial charge in [0.2, 0.25) is 0 Å². The largest absolute Gasteiger partial charge is 2.00 e. The van der Waals surface area contributed by atoms with Crippen LogP contribution in [0.15, 0.2) is 194 Å². The van der Waals surface area contributed by atoms with Crippen molar-refractivity contribution in [3.8, 4) is 44.8 Å². The molecule has 0 spiro atoms. The molecule has 0 aliphatic carbocycles. The Hall–Kier alpha value is -5.18. The number of hydrogen-bond donors (Lipinski definition) is 0. The molecule has 0 radical (unpaired) electrons. The van der Waals surface area contributed by atoms with Crippen LogP contribution in [0.3, 0.4) is 0 Å². The van der Waals surface area contributed by atoms with Crippen LogP contribution in [0.5, 0.6) is 0 Å². The minimum Gasteiger partial charge on any atom is -1.00 e. The van der Waals surface area contributed by atoms with Gasteiger partial charge in [-0.2, -0.15) is 0 Å². The Morgan fingerprint density at radius 3 is 1.09 bits per heavy atom. The molecule has 0 saturated carbocycles. The van der Waals surface area contributed by atoms with Crippen molar-refractivity contribution in [1.82, 2.24) is 9.97 Å². The van der Waals surface area contributed by atoms with Gasteiger partial charge in [-0.25, -0.2) is 0 Å². The third kappa shape index (κ3) is 7.14. The molecule has 2 nitrogen and oxygen atoms in total. The number of hydrogen-bond acceptors (Lipinski definition) is 2. The van der Waals surface area contributed by atoms with Crippen molar-refractivity contribution in [2.45, 2.75) is 0 Å². The smallest absolute Gasteiger partial charge is 1.00 e. The molecule has 2 heterocycles. The summed E-state index contributed by atoms with van der Waals surface area (Å²) in [5.74, 6) is 0. The molecule has 53 heavy (non-hydrogen) atoms. The predicted octanol–water partition coefficient (Wildman–Crippen LogP) is 6.89. The van der Waals surface area contributed by atoms with Gasteiger partial charge in [-0.05, 0) is 32.7 Å². The molecule has 254 valence electrons. The Bertz CT molecular complexity index is 2570. The van der Waals surface area contributed by atoms with Gasteiger partial charge in [-0.3, -0.25) is 9.97 Å². The van der Waals surface area contributed by atoms with Gasteiger partial charge in [0.15, 0.2) is 0 Å². The van der Waals surface area contributed by atoms with E-state index in [1.807, 2.05) is 36.7 Å². The minimum atomic E-state index is 0. The molecule has 10 rings (SSSR count). The maximum Gasteiger partial charge on any atom is 2.00 e. The van der Waals surface area contributed by atoms with E-state index in [9.17, 15) is 0 Å². The Kier molecular flexibility index (Phi) is 11.8. The molecule has 0 amide bonds. The fourth-order valence-corrected chi connectivity index (χ4v) is 7.35. The van der Waals surface area contributed by atoms with Gasteiger partial charge in [0, 0.05) is 23.8 Å². The van der Waals surface area contributed by atoms with E-state index in [1.165, 1.54) is 76.5 Å². The van der Waals surface area contributed by atoms with Gasteiger partial charge in [0.25, 0.3) is 0 Å². The monoisotopic (exact) mass is 796 g/mol. The minimum absolute atomic E-state index is 0. The van der Waals surface area contributed by atoms with Gasteiger partial charge in [-0.15, -0.1) is 57.9 Å². The Labute approximate surface area is 340 Å². The molecule has 5 heteroatoms. The Balaban J connectivity index is 0.000000172. The van der Waals surface area contributed by atoms with Crippen molar-refractivity contribution < 1.29 is 51.0 Å². The second-order valence-corrected chi connectivity index (χ2v) is 12.5. The van der Waals surface area contributed by atoms with Crippen molar-refractivity contribution in [3.05, 3.63) is 194 Å². The van der Waals surface area contributed by atoms with Gasteiger partial charge in [-0.1, -0.05) is 168 Å². The molecule has 0 unspecified atom stereocenters. The number of pyridine rings is 2. The zero-order valence-electron chi connectivity index (χ0n) is 28.6. The molecule has 0 bridgehead atoms. The summed E-state index contributed by atoms with van der Waals surface area (Å²) in [6.45, 7) is 0. The van der Waals surface area contributed by atoms with Gasteiger partial charge in [0.05, 0.1) is 0 Å². The summed E-state index contributed by atoms with van der Waals surface area (Å²) in [6.07, 6.45) is 3.70. The Morgan fingerprint density at radius 1 is 0.321 bits per heavy atom. The van der Waals surface area contributed by atoms with Crippen LogP contribution in [0.25, 0.3) is 87.9 Å². The van der Waals surface area contributed by atoms with E-state index < -0.39 is 0 Å². The fraction of sp³-hybridized carbons (Fsp3) is 0. The molecule has 0 N–H and O–H groups in total. The van der Waals surface area contributed by atoms with Crippen molar-refractivity contribution in [3.63, 3.8) is 0 Å². The molecule has 2 aromatic heterocycles. The molecular weight excluding hydrogens is 767 g/mol. The molecule has 0 saturated heterocycles. The van der Waals surface area contributed by atoms with E-state index in [4.69, 9.17) is 0 Å². The zero-order chi connectivity index (χ0) is 33.3. The van der Waals surface area contributed by atoms with Crippen LogP contribution >= 0.6 is 0 Å². The molecule has 0 aliphatic heterocycles. The first-order chi connectivity index (χ1) is 24.8. The summed E-state index contributed by atoms with van der Waals surface area (Å²) in [5, 5.41) is 10.2. The van der Waals surface area contributed by atoms with E-state index in [1.54, 1.807) is 0 Å². The summed E-state index contributed by atoms with van der Waals surface area (Å²) in [7, 11) is 0. The summed E-state index contributed by atoms with van der Waals surface area (Å²) in [5.41, 5.74) is 9.53. The fourth-order valence-electron chi connectivity index (χ4n) is 7.35. The zero-order valence-corrected chi connectivity index (χ0v) is 32.6. The summed E-state index contributed by atoms with van der Waals surface area (Å²) in [4.78, 5) is 9.05. The summed E-state index contributed by atoms with van der Waals surface area (Å²) >= 11 is 0. The SMILES string of the molecule is [Cl-].[Cl-].[Zr+2].c1ccc(-[c-]2ccc3c(-c4cccc5ccccc45)cccc32)nc1.c1ccc(-[c-]2ccc3c(-c4cccc5ccccc45)cccc32)nc1. The third-order valence-corrected chi connectivity index (χ3v) is 9.67. The van der Waals surface area contributed by atoms with Gasteiger partial charge in [0.1, 0.15) is 0 Å². The molecular formula is C48H32Cl2N2Zr-2. The van der Waals surface area contributed by atoms with Crippen LogP contribution in [-0.2, 0) is 26.2 Å². The van der Waals surface area contributed by atoms with Crippen LogP contribution in [0, 0.1) is 0 Å². The number of aromatic nitrogens is 2. The van der Waals surface area contributed by atoms with Crippen molar-refractivity contribution in [1.29, 1.82) is 0 Å². The molecule has 0 fully saturated rings. The average molecular weight is 799 g/mol. The number of rotatable bonds is 4. The van der Waals surface area contributed by atoms with Crippen LogP contribution in [0.2, 0.25) is 0 Å². The second kappa shape index (κ2) is 16.7. The van der Waals surface area contributed by atoms with Crippen molar-refractivity contribution in [2.75, 3.05) is 0 Å². The summed E-state index contributed by atoms with van der Waals surface area (Å²) < 4.78 is 0. The third-order valence-electron chi connectivity index (χ3n) is 9.67. The first-order valence-electron chi connectivity index (χ1n) is 17.0. The van der Waals surface area contributed by atoms with Gasteiger partial charge < -0.3 is 24.8 Å². The van der Waals surface area contributed by atoms with Crippen LogP contribution in [0.4, 0.5) is 0 Å². The molecule has 10 aromatic rings. The van der Waals surface area contributed by atoms with E-state index in [0.29, 0.717) is 0 Å². The molecule has 0 aliphatic rings. The predicted molar refractivity (Wildman–Crippen MR) is 211 cm³/mol. The molecule has 0 atom stereocenters. The Morgan fingerprint density at radius 2 is 0.679 bits per heavy atom. The number of benzene rings is 6. The number of halogens is 2.